The molecular weight excluding hydrogens is 316 g/mol. The van der Waals surface area contributed by atoms with E-state index in [0.717, 1.165) is 0 Å². The number of carboxylic acid groups (broad SMARTS) is 1. The highest BCUT2D eigenvalue weighted by molar-refractivity contribution is 5.96. The molecule has 2 aromatic rings. The standard InChI is InChI=1S/C15H14N4O5/c20-14(17-5-3-11(8-17)15(21)22)10-1-2-12(13(7-10)19(23)24)18-6-4-16-9-18/h1-2,4,6-7,9,11H,3,5,8H2,(H,21,22). The zero-order valence-corrected chi connectivity index (χ0v) is 12.5. The number of carbonyl (C=O) groups excluding carboxylic acids is 1. The molecule has 2 heterocycles. The van der Waals surface area contributed by atoms with E-state index in [2.05, 4.69) is 4.98 Å². The van der Waals surface area contributed by atoms with Gasteiger partial charge >= 0.3 is 5.97 Å². The number of benzene rings is 1. The second kappa shape index (κ2) is 6.11. The molecular formula is C15H14N4O5. The lowest BCUT2D eigenvalue weighted by molar-refractivity contribution is -0.384. The summed E-state index contributed by atoms with van der Waals surface area (Å²) in [5.74, 6) is -1.93. The van der Waals surface area contributed by atoms with Crippen molar-refractivity contribution in [3.63, 3.8) is 0 Å². The van der Waals surface area contributed by atoms with E-state index in [1.807, 2.05) is 0 Å². The number of carboxylic acids is 1. The highest BCUT2D eigenvalue weighted by Gasteiger charge is 2.32. The van der Waals surface area contributed by atoms with Crippen molar-refractivity contribution in [3.8, 4) is 5.69 Å². The predicted molar refractivity (Wildman–Crippen MR) is 81.9 cm³/mol. The molecule has 9 nitrogen and oxygen atoms in total. The number of rotatable bonds is 4. The van der Waals surface area contributed by atoms with E-state index < -0.39 is 22.7 Å². The first-order chi connectivity index (χ1) is 11.5. The van der Waals surface area contributed by atoms with Crippen molar-refractivity contribution in [2.45, 2.75) is 6.42 Å². The Kier molecular flexibility index (Phi) is 3.98. The van der Waals surface area contributed by atoms with Crippen molar-refractivity contribution < 1.29 is 19.6 Å². The van der Waals surface area contributed by atoms with Gasteiger partial charge in [0.25, 0.3) is 11.6 Å². The summed E-state index contributed by atoms with van der Waals surface area (Å²) in [5.41, 5.74) is 0.253. The SMILES string of the molecule is O=C(O)C1CCN(C(=O)c2ccc(-n3ccnc3)c([N+](=O)[O-])c2)C1. The Morgan fingerprint density at radius 2 is 2.17 bits per heavy atom. The van der Waals surface area contributed by atoms with Gasteiger partial charge < -0.3 is 14.6 Å². The number of carbonyl (C=O) groups is 2. The largest absolute Gasteiger partial charge is 0.481 e. The second-order valence-corrected chi connectivity index (χ2v) is 5.51. The Balaban J connectivity index is 1.89. The van der Waals surface area contributed by atoms with Crippen LogP contribution in [0.25, 0.3) is 5.69 Å². The van der Waals surface area contributed by atoms with Gasteiger partial charge in [0.05, 0.1) is 17.2 Å². The van der Waals surface area contributed by atoms with Gasteiger partial charge in [-0.25, -0.2) is 4.98 Å². The number of amides is 1. The Bertz CT molecular complexity index is 802. The van der Waals surface area contributed by atoms with Crippen LogP contribution in [-0.4, -0.2) is 49.4 Å². The fourth-order valence-corrected chi connectivity index (χ4v) is 2.75. The zero-order valence-electron chi connectivity index (χ0n) is 12.5. The van der Waals surface area contributed by atoms with E-state index >= 15 is 0 Å². The normalized spacial score (nSPS) is 17.0. The molecule has 1 aromatic carbocycles. The molecule has 1 amide bonds. The maximum absolute atomic E-state index is 12.5. The van der Waals surface area contributed by atoms with Gasteiger partial charge in [-0.1, -0.05) is 0 Å². The molecule has 24 heavy (non-hydrogen) atoms. The summed E-state index contributed by atoms with van der Waals surface area (Å²) in [6, 6.07) is 4.20. The van der Waals surface area contributed by atoms with E-state index in [0.29, 0.717) is 18.7 Å². The lowest BCUT2D eigenvalue weighted by Crippen LogP contribution is -2.30. The van der Waals surface area contributed by atoms with Crippen LogP contribution in [0.3, 0.4) is 0 Å². The van der Waals surface area contributed by atoms with Crippen molar-refractivity contribution in [2.24, 2.45) is 5.92 Å². The molecule has 1 unspecified atom stereocenters. The average molecular weight is 330 g/mol. The monoisotopic (exact) mass is 330 g/mol. The third kappa shape index (κ3) is 2.83. The van der Waals surface area contributed by atoms with Crippen molar-refractivity contribution >= 4 is 17.6 Å². The van der Waals surface area contributed by atoms with Crippen molar-refractivity contribution in [2.75, 3.05) is 13.1 Å². The van der Waals surface area contributed by atoms with Crippen LogP contribution in [0.1, 0.15) is 16.8 Å². The first-order valence-electron chi connectivity index (χ1n) is 7.26. The van der Waals surface area contributed by atoms with Gasteiger partial charge in [-0.3, -0.25) is 19.7 Å². The van der Waals surface area contributed by atoms with Gasteiger partial charge in [0.2, 0.25) is 0 Å². The molecule has 0 radical (unpaired) electrons. The Hall–Kier alpha value is -3.23. The number of aromatic nitrogens is 2. The van der Waals surface area contributed by atoms with E-state index in [1.54, 1.807) is 6.20 Å². The molecule has 124 valence electrons. The topological polar surface area (TPSA) is 119 Å². The van der Waals surface area contributed by atoms with Crippen LogP contribution in [0.2, 0.25) is 0 Å². The van der Waals surface area contributed by atoms with Crippen LogP contribution < -0.4 is 0 Å². The summed E-state index contributed by atoms with van der Waals surface area (Å²) in [7, 11) is 0. The number of nitro benzene ring substituents is 1. The second-order valence-electron chi connectivity index (χ2n) is 5.51. The summed E-state index contributed by atoms with van der Waals surface area (Å²) in [5, 5.41) is 20.3. The van der Waals surface area contributed by atoms with Crippen LogP contribution in [0.15, 0.2) is 36.9 Å². The van der Waals surface area contributed by atoms with Crippen LogP contribution >= 0.6 is 0 Å². The molecule has 9 heteroatoms. The highest BCUT2D eigenvalue weighted by atomic mass is 16.6. The average Bonchev–Trinajstić information content (AvgIpc) is 3.25. The minimum atomic E-state index is -0.938. The lowest BCUT2D eigenvalue weighted by Gasteiger charge is -2.16. The number of aliphatic carboxylic acids is 1. The molecule has 1 N–H and O–H groups in total. The van der Waals surface area contributed by atoms with E-state index in [1.165, 1.54) is 40.2 Å². The summed E-state index contributed by atoms with van der Waals surface area (Å²) >= 11 is 0. The Morgan fingerprint density at radius 1 is 1.38 bits per heavy atom. The van der Waals surface area contributed by atoms with Gasteiger partial charge in [-0.2, -0.15) is 0 Å². The Morgan fingerprint density at radius 3 is 2.75 bits per heavy atom. The molecule has 1 saturated heterocycles. The summed E-state index contributed by atoms with van der Waals surface area (Å²) < 4.78 is 1.49. The van der Waals surface area contributed by atoms with Crippen LogP contribution in [-0.2, 0) is 4.79 Å². The molecule has 3 rings (SSSR count). The molecule has 0 spiro atoms. The summed E-state index contributed by atoms with van der Waals surface area (Å²) in [4.78, 5) is 39.5. The van der Waals surface area contributed by atoms with Gasteiger partial charge in [0.15, 0.2) is 0 Å². The number of hydrogen-bond donors (Lipinski definition) is 1. The minimum absolute atomic E-state index is 0.116. The molecule has 0 saturated carbocycles. The number of imidazole rings is 1. The third-order valence-corrected chi connectivity index (χ3v) is 4.03. The highest BCUT2D eigenvalue weighted by Crippen LogP contribution is 2.26. The van der Waals surface area contributed by atoms with Crippen LogP contribution in [0, 0.1) is 16.0 Å². The fourth-order valence-electron chi connectivity index (χ4n) is 2.75. The maximum atomic E-state index is 12.5. The van der Waals surface area contributed by atoms with Gasteiger partial charge in [-0.05, 0) is 18.6 Å². The first-order valence-corrected chi connectivity index (χ1v) is 7.26. The Labute approximate surface area is 136 Å². The summed E-state index contributed by atoms with van der Waals surface area (Å²) in [6.45, 7) is 0.443. The molecule has 1 fully saturated rings. The van der Waals surface area contributed by atoms with E-state index in [-0.39, 0.29) is 17.8 Å². The minimum Gasteiger partial charge on any atom is -0.481 e. The van der Waals surface area contributed by atoms with Gasteiger partial charge in [0.1, 0.15) is 5.69 Å². The van der Waals surface area contributed by atoms with Gasteiger partial charge in [0, 0.05) is 37.1 Å². The fraction of sp³-hybridized carbons (Fsp3) is 0.267. The van der Waals surface area contributed by atoms with Crippen LogP contribution in [0.4, 0.5) is 5.69 Å². The number of nitrogens with zero attached hydrogens (tertiary/aromatic N) is 4. The molecule has 0 aliphatic carbocycles. The first kappa shape index (κ1) is 15.7. The molecule has 0 bridgehead atoms. The number of likely N-dealkylation sites (tertiary alicyclic amines) is 1. The lowest BCUT2D eigenvalue weighted by atomic mass is 10.1. The molecule has 1 atom stereocenters. The van der Waals surface area contributed by atoms with Crippen molar-refractivity contribution in [1.82, 2.24) is 14.5 Å². The molecule has 1 aliphatic rings. The quantitative estimate of drug-likeness (QED) is 0.667. The summed E-state index contributed by atoms with van der Waals surface area (Å²) in [6.07, 6.45) is 4.89. The van der Waals surface area contributed by atoms with Crippen molar-refractivity contribution in [3.05, 3.63) is 52.6 Å². The van der Waals surface area contributed by atoms with Crippen molar-refractivity contribution in [1.29, 1.82) is 0 Å². The number of hydrogen-bond acceptors (Lipinski definition) is 5. The molecule has 1 aliphatic heterocycles. The molecule has 1 aromatic heterocycles. The smallest absolute Gasteiger partial charge is 0.308 e. The number of nitro groups is 1. The maximum Gasteiger partial charge on any atom is 0.308 e. The van der Waals surface area contributed by atoms with Crippen LogP contribution in [0.5, 0.6) is 0 Å². The zero-order chi connectivity index (χ0) is 17.3. The van der Waals surface area contributed by atoms with E-state index in [4.69, 9.17) is 5.11 Å². The van der Waals surface area contributed by atoms with E-state index in [9.17, 15) is 19.7 Å². The third-order valence-electron chi connectivity index (χ3n) is 4.03. The predicted octanol–water partition coefficient (Wildman–Crippen LogP) is 1.33. The van der Waals surface area contributed by atoms with Gasteiger partial charge in [-0.15, -0.1) is 0 Å².